The van der Waals surface area contributed by atoms with Crippen molar-refractivity contribution in [1.29, 1.82) is 0 Å². The SMILES string of the molecule is CCC1(C)NC(c2ccccc2)N(C2CCCCC2)C1=O. The molecule has 2 fully saturated rings. The van der Waals surface area contributed by atoms with E-state index >= 15 is 0 Å². The first-order valence-electron chi connectivity index (χ1n) is 8.31. The molecule has 3 rings (SSSR count). The molecule has 2 atom stereocenters. The van der Waals surface area contributed by atoms with E-state index in [2.05, 4.69) is 41.4 Å². The lowest BCUT2D eigenvalue weighted by Crippen LogP contribution is -2.45. The van der Waals surface area contributed by atoms with Crippen molar-refractivity contribution in [1.82, 2.24) is 10.2 Å². The molecule has 3 heteroatoms. The molecule has 1 saturated heterocycles. The van der Waals surface area contributed by atoms with Crippen LogP contribution < -0.4 is 5.32 Å². The van der Waals surface area contributed by atoms with E-state index in [0.29, 0.717) is 6.04 Å². The summed E-state index contributed by atoms with van der Waals surface area (Å²) in [7, 11) is 0. The predicted octanol–water partition coefficient (Wildman–Crippen LogP) is 3.62. The molecule has 2 aliphatic rings. The lowest BCUT2D eigenvalue weighted by molar-refractivity contribution is -0.135. The third-order valence-corrected chi connectivity index (χ3v) is 5.23. The summed E-state index contributed by atoms with van der Waals surface area (Å²) in [4.78, 5) is 15.2. The van der Waals surface area contributed by atoms with Crippen molar-refractivity contribution in [3.8, 4) is 0 Å². The van der Waals surface area contributed by atoms with Gasteiger partial charge in [0.05, 0.1) is 5.54 Å². The Labute approximate surface area is 127 Å². The summed E-state index contributed by atoms with van der Waals surface area (Å²) in [5, 5.41) is 3.61. The first kappa shape index (κ1) is 14.6. The molecule has 0 aromatic heterocycles. The Balaban J connectivity index is 1.93. The van der Waals surface area contributed by atoms with Crippen molar-refractivity contribution < 1.29 is 4.79 Å². The van der Waals surface area contributed by atoms with Gasteiger partial charge in [-0.15, -0.1) is 0 Å². The fraction of sp³-hybridized carbons (Fsp3) is 0.611. The smallest absolute Gasteiger partial charge is 0.244 e. The van der Waals surface area contributed by atoms with Gasteiger partial charge in [0.2, 0.25) is 5.91 Å². The van der Waals surface area contributed by atoms with Crippen molar-refractivity contribution in [2.75, 3.05) is 0 Å². The third kappa shape index (κ3) is 2.59. The van der Waals surface area contributed by atoms with Crippen LogP contribution in [0, 0.1) is 0 Å². The summed E-state index contributed by atoms with van der Waals surface area (Å²) in [6.45, 7) is 4.14. The topological polar surface area (TPSA) is 32.3 Å². The lowest BCUT2D eigenvalue weighted by Gasteiger charge is -2.35. The second-order valence-corrected chi connectivity index (χ2v) is 6.65. The maximum Gasteiger partial charge on any atom is 0.244 e. The number of carbonyl (C=O) groups excluding carboxylic acids is 1. The summed E-state index contributed by atoms with van der Waals surface area (Å²) in [5.74, 6) is 0.283. The highest BCUT2D eigenvalue weighted by Crippen LogP contribution is 2.37. The number of amides is 1. The average molecular weight is 286 g/mol. The summed E-state index contributed by atoms with van der Waals surface area (Å²) in [6.07, 6.45) is 6.97. The second kappa shape index (κ2) is 5.80. The van der Waals surface area contributed by atoms with Gasteiger partial charge in [0, 0.05) is 6.04 Å². The van der Waals surface area contributed by atoms with Gasteiger partial charge < -0.3 is 4.90 Å². The van der Waals surface area contributed by atoms with E-state index in [1.807, 2.05) is 13.0 Å². The maximum absolute atomic E-state index is 13.0. The molecule has 0 spiro atoms. The molecule has 3 nitrogen and oxygen atoms in total. The minimum Gasteiger partial charge on any atom is -0.318 e. The van der Waals surface area contributed by atoms with E-state index in [9.17, 15) is 4.79 Å². The van der Waals surface area contributed by atoms with Crippen LogP contribution in [0.3, 0.4) is 0 Å². The Morgan fingerprint density at radius 3 is 2.48 bits per heavy atom. The van der Waals surface area contributed by atoms with Gasteiger partial charge in [0.15, 0.2) is 0 Å². The molecule has 1 N–H and O–H groups in total. The van der Waals surface area contributed by atoms with Crippen molar-refractivity contribution in [2.24, 2.45) is 0 Å². The number of benzene rings is 1. The molecule has 1 aromatic rings. The van der Waals surface area contributed by atoms with E-state index in [-0.39, 0.29) is 12.1 Å². The van der Waals surface area contributed by atoms with Crippen LogP contribution in [-0.4, -0.2) is 22.4 Å². The summed E-state index contributed by atoms with van der Waals surface area (Å²) >= 11 is 0. The highest BCUT2D eigenvalue weighted by Gasteiger charge is 2.49. The van der Waals surface area contributed by atoms with Gasteiger partial charge >= 0.3 is 0 Å². The molecule has 0 bridgehead atoms. The monoisotopic (exact) mass is 286 g/mol. The largest absolute Gasteiger partial charge is 0.318 e. The molecule has 1 aliphatic carbocycles. The lowest BCUT2D eigenvalue weighted by atomic mass is 9.92. The van der Waals surface area contributed by atoms with Gasteiger partial charge in [0.1, 0.15) is 6.17 Å². The fourth-order valence-corrected chi connectivity index (χ4v) is 3.70. The van der Waals surface area contributed by atoms with Crippen LogP contribution >= 0.6 is 0 Å². The van der Waals surface area contributed by atoms with E-state index in [1.165, 1.54) is 24.8 Å². The van der Waals surface area contributed by atoms with E-state index < -0.39 is 5.54 Å². The van der Waals surface area contributed by atoms with Crippen LogP contribution in [0.1, 0.15) is 64.1 Å². The van der Waals surface area contributed by atoms with E-state index in [0.717, 1.165) is 19.3 Å². The summed E-state index contributed by atoms with van der Waals surface area (Å²) < 4.78 is 0. The highest BCUT2D eigenvalue weighted by molar-refractivity contribution is 5.88. The quantitative estimate of drug-likeness (QED) is 0.920. The van der Waals surface area contributed by atoms with Crippen molar-refractivity contribution >= 4 is 5.91 Å². The van der Waals surface area contributed by atoms with Gasteiger partial charge in [0.25, 0.3) is 0 Å². The van der Waals surface area contributed by atoms with Gasteiger partial charge in [-0.25, -0.2) is 0 Å². The standard InChI is InChI=1S/C18H26N2O/c1-3-18(2)17(21)20(15-12-8-5-9-13-15)16(19-18)14-10-6-4-7-11-14/h4,6-7,10-11,15-16,19H,3,5,8-9,12-13H2,1-2H3. The number of carbonyl (C=O) groups is 1. The number of rotatable bonds is 3. The molecule has 1 amide bonds. The van der Waals surface area contributed by atoms with Crippen molar-refractivity contribution in [3.63, 3.8) is 0 Å². The normalized spacial score (nSPS) is 30.9. The number of nitrogens with zero attached hydrogens (tertiary/aromatic N) is 1. The zero-order valence-corrected chi connectivity index (χ0v) is 13.1. The molecule has 0 radical (unpaired) electrons. The predicted molar refractivity (Wildman–Crippen MR) is 84.7 cm³/mol. The molecule has 1 aliphatic heterocycles. The molecular weight excluding hydrogens is 260 g/mol. The Bertz CT molecular complexity index is 495. The van der Waals surface area contributed by atoms with Gasteiger partial charge in [-0.3, -0.25) is 10.1 Å². The Kier molecular flexibility index (Phi) is 4.03. The maximum atomic E-state index is 13.0. The van der Waals surface area contributed by atoms with Crippen LogP contribution in [0.2, 0.25) is 0 Å². The zero-order valence-electron chi connectivity index (χ0n) is 13.1. The van der Waals surface area contributed by atoms with Crippen LogP contribution in [0.15, 0.2) is 30.3 Å². The number of nitrogens with one attached hydrogen (secondary N) is 1. The van der Waals surface area contributed by atoms with Crippen LogP contribution in [-0.2, 0) is 4.79 Å². The Morgan fingerprint density at radius 2 is 1.86 bits per heavy atom. The zero-order chi connectivity index (χ0) is 14.9. The average Bonchev–Trinajstić information content (AvgIpc) is 2.82. The van der Waals surface area contributed by atoms with Gasteiger partial charge in [-0.1, -0.05) is 56.5 Å². The fourth-order valence-electron chi connectivity index (χ4n) is 3.70. The number of hydrogen-bond donors (Lipinski definition) is 1. The van der Waals surface area contributed by atoms with Crippen LogP contribution in [0.25, 0.3) is 0 Å². The van der Waals surface area contributed by atoms with Crippen LogP contribution in [0.5, 0.6) is 0 Å². The molecule has 1 saturated carbocycles. The summed E-state index contributed by atoms with van der Waals surface area (Å²) in [5.41, 5.74) is 0.784. The molecular formula is C18H26N2O. The molecule has 1 aromatic carbocycles. The minimum atomic E-state index is -0.419. The molecule has 2 unspecified atom stereocenters. The van der Waals surface area contributed by atoms with E-state index in [4.69, 9.17) is 0 Å². The number of hydrogen-bond acceptors (Lipinski definition) is 2. The van der Waals surface area contributed by atoms with Crippen molar-refractivity contribution in [3.05, 3.63) is 35.9 Å². The second-order valence-electron chi connectivity index (χ2n) is 6.65. The van der Waals surface area contributed by atoms with Gasteiger partial charge in [-0.05, 0) is 31.7 Å². The van der Waals surface area contributed by atoms with Gasteiger partial charge in [-0.2, -0.15) is 0 Å². The first-order valence-corrected chi connectivity index (χ1v) is 8.31. The summed E-state index contributed by atoms with van der Waals surface area (Å²) in [6, 6.07) is 10.8. The third-order valence-electron chi connectivity index (χ3n) is 5.23. The van der Waals surface area contributed by atoms with E-state index in [1.54, 1.807) is 0 Å². The van der Waals surface area contributed by atoms with Crippen molar-refractivity contribution in [2.45, 2.75) is 70.1 Å². The Hall–Kier alpha value is -1.35. The molecule has 114 valence electrons. The molecule has 21 heavy (non-hydrogen) atoms. The van der Waals surface area contributed by atoms with Crippen LogP contribution in [0.4, 0.5) is 0 Å². The highest BCUT2D eigenvalue weighted by atomic mass is 16.2. The minimum absolute atomic E-state index is 0.0340. The molecule has 1 heterocycles. The Morgan fingerprint density at radius 1 is 1.19 bits per heavy atom. The first-order chi connectivity index (χ1) is 10.2.